The molecule has 102 valence electrons. The lowest BCUT2D eigenvalue weighted by Gasteiger charge is -2.25. The summed E-state index contributed by atoms with van der Waals surface area (Å²) in [5, 5.41) is 16.3. The van der Waals surface area contributed by atoms with Gasteiger partial charge in [0.05, 0.1) is 16.6 Å². The molecule has 0 spiro atoms. The highest BCUT2D eigenvalue weighted by atomic mass is 16.5. The van der Waals surface area contributed by atoms with E-state index >= 15 is 0 Å². The minimum atomic E-state index is -0.468. The van der Waals surface area contributed by atoms with E-state index in [4.69, 9.17) is 9.63 Å². The highest BCUT2D eigenvalue weighted by Gasteiger charge is 2.21. The van der Waals surface area contributed by atoms with Crippen LogP contribution in [0.5, 0.6) is 0 Å². The highest BCUT2D eigenvalue weighted by Crippen LogP contribution is 2.17. The van der Waals surface area contributed by atoms with Crippen LogP contribution in [0.4, 0.5) is 0 Å². The molecule has 0 atom stereocenters. The molecule has 0 bridgehead atoms. The van der Waals surface area contributed by atoms with Crippen LogP contribution in [-0.4, -0.2) is 33.3 Å². The lowest BCUT2D eigenvalue weighted by molar-refractivity contribution is 0.0899. The summed E-state index contributed by atoms with van der Waals surface area (Å²) in [5.74, 6) is -0.228. The van der Waals surface area contributed by atoms with E-state index < -0.39 is 5.54 Å². The average molecular weight is 263 g/mol. The van der Waals surface area contributed by atoms with Crippen molar-refractivity contribution in [2.24, 2.45) is 0 Å². The van der Waals surface area contributed by atoms with Crippen LogP contribution in [0.15, 0.2) is 16.8 Å². The smallest absolute Gasteiger partial charge is 0.257 e. The van der Waals surface area contributed by atoms with E-state index in [1.807, 2.05) is 13.8 Å². The van der Waals surface area contributed by atoms with Crippen LogP contribution in [0.3, 0.4) is 0 Å². The molecule has 0 aliphatic rings. The van der Waals surface area contributed by atoms with Gasteiger partial charge in [0.2, 0.25) is 0 Å². The van der Waals surface area contributed by atoms with E-state index in [0.717, 1.165) is 5.39 Å². The second-order valence-electron chi connectivity index (χ2n) is 5.16. The van der Waals surface area contributed by atoms with Gasteiger partial charge in [0, 0.05) is 18.3 Å². The van der Waals surface area contributed by atoms with E-state index in [2.05, 4.69) is 15.5 Å². The Hall–Kier alpha value is -1.95. The number of pyridine rings is 1. The number of fused-ring (bicyclic) bond motifs is 1. The molecule has 2 aromatic rings. The minimum Gasteiger partial charge on any atom is -0.396 e. The summed E-state index contributed by atoms with van der Waals surface area (Å²) >= 11 is 0. The molecule has 0 fully saturated rings. The van der Waals surface area contributed by atoms with Gasteiger partial charge in [-0.2, -0.15) is 0 Å². The Morgan fingerprint density at radius 2 is 2.26 bits per heavy atom. The molecule has 0 unspecified atom stereocenters. The SMILES string of the molecule is Cc1noc2ncc(C(=O)NC(C)(C)CCO)cc12. The summed E-state index contributed by atoms with van der Waals surface area (Å²) < 4.78 is 5.00. The number of hydrogen-bond donors (Lipinski definition) is 2. The zero-order valence-electron chi connectivity index (χ0n) is 11.2. The fourth-order valence-corrected chi connectivity index (χ4v) is 1.79. The standard InChI is InChI=1S/C13H17N3O3/c1-8-10-6-9(7-14-12(10)19-16-8)11(18)15-13(2,3)4-5-17/h6-7,17H,4-5H2,1-3H3,(H,15,18). The second-order valence-corrected chi connectivity index (χ2v) is 5.16. The predicted octanol–water partition coefficient (Wildman–Crippen LogP) is 1.42. The van der Waals surface area contributed by atoms with Crippen molar-refractivity contribution in [2.45, 2.75) is 32.7 Å². The van der Waals surface area contributed by atoms with Crippen molar-refractivity contribution < 1.29 is 14.4 Å². The van der Waals surface area contributed by atoms with E-state index in [-0.39, 0.29) is 12.5 Å². The van der Waals surface area contributed by atoms with Gasteiger partial charge in [0.25, 0.3) is 11.6 Å². The molecule has 0 aliphatic carbocycles. The van der Waals surface area contributed by atoms with Gasteiger partial charge in [-0.25, -0.2) is 4.98 Å². The summed E-state index contributed by atoms with van der Waals surface area (Å²) in [5.41, 5.74) is 1.10. The zero-order chi connectivity index (χ0) is 14.0. The fraction of sp³-hybridized carbons (Fsp3) is 0.462. The molecule has 2 heterocycles. The molecule has 6 heteroatoms. The minimum absolute atomic E-state index is 0.0231. The van der Waals surface area contributed by atoms with Crippen LogP contribution in [0.25, 0.3) is 11.1 Å². The number of amides is 1. The van der Waals surface area contributed by atoms with Crippen molar-refractivity contribution in [1.29, 1.82) is 0 Å². The molecular weight excluding hydrogens is 246 g/mol. The molecule has 0 aromatic carbocycles. The zero-order valence-corrected chi connectivity index (χ0v) is 11.2. The van der Waals surface area contributed by atoms with Gasteiger partial charge in [0.15, 0.2) is 0 Å². The Morgan fingerprint density at radius 1 is 1.53 bits per heavy atom. The maximum Gasteiger partial charge on any atom is 0.257 e. The van der Waals surface area contributed by atoms with Gasteiger partial charge in [-0.1, -0.05) is 5.16 Å². The van der Waals surface area contributed by atoms with Gasteiger partial charge in [-0.3, -0.25) is 4.79 Å². The van der Waals surface area contributed by atoms with E-state index in [1.165, 1.54) is 6.20 Å². The van der Waals surface area contributed by atoms with Gasteiger partial charge < -0.3 is 14.9 Å². The first-order valence-electron chi connectivity index (χ1n) is 6.08. The summed E-state index contributed by atoms with van der Waals surface area (Å²) in [6.45, 7) is 5.54. The number of nitrogens with one attached hydrogen (secondary N) is 1. The molecule has 2 rings (SSSR count). The molecule has 19 heavy (non-hydrogen) atoms. The predicted molar refractivity (Wildman–Crippen MR) is 69.8 cm³/mol. The van der Waals surface area contributed by atoms with E-state index in [1.54, 1.807) is 13.0 Å². The molecule has 0 saturated heterocycles. The third-order valence-corrected chi connectivity index (χ3v) is 2.96. The number of rotatable bonds is 4. The van der Waals surface area contributed by atoms with Gasteiger partial charge in [-0.05, 0) is 33.3 Å². The number of aromatic nitrogens is 2. The molecular formula is C13H17N3O3. The largest absolute Gasteiger partial charge is 0.396 e. The van der Waals surface area contributed by atoms with Crippen molar-refractivity contribution >= 4 is 17.0 Å². The maximum atomic E-state index is 12.1. The molecule has 0 saturated carbocycles. The van der Waals surface area contributed by atoms with Gasteiger partial charge in [0.1, 0.15) is 0 Å². The van der Waals surface area contributed by atoms with E-state index in [0.29, 0.717) is 23.4 Å². The molecule has 0 radical (unpaired) electrons. The molecule has 6 nitrogen and oxygen atoms in total. The van der Waals surface area contributed by atoms with Crippen LogP contribution >= 0.6 is 0 Å². The summed E-state index contributed by atoms with van der Waals surface area (Å²) in [6.07, 6.45) is 1.94. The third kappa shape index (κ3) is 2.90. The Morgan fingerprint density at radius 3 is 2.95 bits per heavy atom. The van der Waals surface area contributed by atoms with Gasteiger partial charge in [-0.15, -0.1) is 0 Å². The van der Waals surface area contributed by atoms with Crippen LogP contribution in [0, 0.1) is 6.92 Å². The van der Waals surface area contributed by atoms with Crippen molar-refractivity contribution in [1.82, 2.24) is 15.5 Å². The van der Waals surface area contributed by atoms with Crippen molar-refractivity contribution in [3.63, 3.8) is 0 Å². The fourth-order valence-electron chi connectivity index (χ4n) is 1.79. The molecule has 0 aliphatic heterocycles. The van der Waals surface area contributed by atoms with Crippen LogP contribution < -0.4 is 5.32 Å². The normalized spacial score (nSPS) is 11.8. The molecule has 1 amide bonds. The first-order valence-corrected chi connectivity index (χ1v) is 6.08. The number of carbonyl (C=O) groups excluding carboxylic acids is 1. The number of aliphatic hydroxyl groups excluding tert-OH is 1. The Labute approximate surface area is 110 Å². The van der Waals surface area contributed by atoms with E-state index in [9.17, 15) is 4.79 Å². The Bertz CT molecular complexity index is 604. The Balaban J connectivity index is 2.24. The molecule has 2 N–H and O–H groups in total. The highest BCUT2D eigenvalue weighted by molar-refractivity contribution is 5.97. The number of hydrogen-bond acceptors (Lipinski definition) is 5. The third-order valence-electron chi connectivity index (χ3n) is 2.96. The lowest BCUT2D eigenvalue weighted by atomic mass is 10.0. The van der Waals surface area contributed by atoms with Crippen molar-refractivity contribution in [3.05, 3.63) is 23.5 Å². The maximum absolute atomic E-state index is 12.1. The molecule has 2 aromatic heterocycles. The van der Waals surface area contributed by atoms with Crippen LogP contribution in [0.1, 0.15) is 36.3 Å². The first kappa shape index (κ1) is 13.5. The summed E-state index contributed by atoms with van der Waals surface area (Å²) in [6, 6.07) is 1.71. The van der Waals surface area contributed by atoms with Crippen LogP contribution in [0.2, 0.25) is 0 Å². The quantitative estimate of drug-likeness (QED) is 0.871. The number of carbonyl (C=O) groups is 1. The topological polar surface area (TPSA) is 88.2 Å². The number of nitrogens with zero attached hydrogens (tertiary/aromatic N) is 2. The van der Waals surface area contributed by atoms with Gasteiger partial charge >= 0.3 is 0 Å². The van der Waals surface area contributed by atoms with Crippen molar-refractivity contribution in [3.8, 4) is 0 Å². The second kappa shape index (κ2) is 4.97. The monoisotopic (exact) mass is 263 g/mol. The lowest BCUT2D eigenvalue weighted by Crippen LogP contribution is -2.44. The first-order chi connectivity index (χ1) is 8.93. The summed E-state index contributed by atoms with van der Waals surface area (Å²) in [7, 11) is 0. The number of aliphatic hydroxyl groups is 1. The average Bonchev–Trinajstić information content (AvgIpc) is 2.70. The van der Waals surface area contributed by atoms with Crippen molar-refractivity contribution in [2.75, 3.05) is 6.61 Å². The Kier molecular flexibility index (Phi) is 3.53. The number of aryl methyl sites for hydroxylation is 1. The summed E-state index contributed by atoms with van der Waals surface area (Å²) in [4.78, 5) is 16.2. The van der Waals surface area contributed by atoms with Crippen LogP contribution in [-0.2, 0) is 0 Å².